The molecule has 1 unspecified atom stereocenters. The molecule has 1 atom stereocenters. The summed E-state index contributed by atoms with van der Waals surface area (Å²) in [6, 6.07) is 7.13. The lowest BCUT2D eigenvalue weighted by molar-refractivity contribution is -0.122. The van der Waals surface area contributed by atoms with Crippen LogP contribution in [0.1, 0.15) is 32.1 Å². The zero-order valence-electron chi connectivity index (χ0n) is 13.0. The molecule has 6 nitrogen and oxygen atoms in total. The van der Waals surface area contributed by atoms with Gasteiger partial charge in [0, 0.05) is 36.1 Å². The maximum atomic E-state index is 11.9. The molecule has 0 radical (unpaired) electrons. The molecule has 0 saturated carbocycles. The van der Waals surface area contributed by atoms with Gasteiger partial charge in [0.05, 0.1) is 0 Å². The van der Waals surface area contributed by atoms with Gasteiger partial charge in [-0.05, 0) is 37.1 Å². The van der Waals surface area contributed by atoms with Crippen molar-refractivity contribution in [2.75, 3.05) is 6.61 Å². The van der Waals surface area contributed by atoms with Gasteiger partial charge in [-0.15, -0.1) is 0 Å². The van der Waals surface area contributed by atoms with Crippen LogP contribution in [0.3, 0.4) is 0 Å². The molecule has 0 saturated heterocycles. The average Bonchev–Trinajstić information content (AvgIpc) is 3.02. The van der Waals surface area contributed by atoms with Crippen LogP contribution in [-0.2, 0) is 11.2 Å². The highest BCUT2D eigenvalue weighted by Gasteiger charge is 2.13. The highest BCUT2D eigenvalue weighted by atomic mass is 35.5. The number of aromatic nitrogens is 2. The number of hydrogen-bond donors (Lipinski definition) is 2. The number of aliphatic hydroxyl groups excluding tert-OH is 1. The second-order valence-electron chi connectivity index (χ2n) is 5.20. The lowest BCUT2D eigenvalue weighted by Crippen LogP contribution is -2.35. The lowest BCUT2D eigenvalue weighted by atomic mass is 10.1. The van der Waals surface area contributed by atoms with Crippen molar-refractivity contribution >= 4 is 17.5 Å². The van der Waals surface area contributed by atoms with Crippen LogP contribution in [0.2, 0.25) is 5.02 Å². The Morgan fingerprint density at radius 1 is 1.39 bits per heavy atom. The Bertz CT molecular complexity index is 628. The molecule has 23 heavy (non-hydrogen) atoms. The second-order valence-corrected chi connectivity index (χ2v) is 5.64. The van der Waals surface area contributed by atoms with E-state index in [0.717, 1.165) is 12.0 Å². The minimum atomic E-state index is -0.0865. The molecule has 2 aromatic rings. The minimum Gasteiger partial charge on any atom is -0.396 e. The standard InChI is InChI=1S/C16H20ClN3O3/c1-2-13(9-10-21)18-14(22)7-8-15-19-16(20-23-15)11-3-5-12(17)6-4-11/h3-6,13,21H,2,7-10H2,1H3,(H,18,22). The molecule has 124 valence electrons. The molecular weight excluding hydrogens is 318 g/mol. The fraction of sp³-hybridized carbons (Fsp3) is 0.438. The van der Waals surface area contributed by atoms with E-state index in [9.17, 15) is 4.79 Å². The van der Waals surface area contributed by atoms with E-state index in [1.54, 1.807) is 12.1 Å². The number of amides is 1. The number of halogens is 1. The molecule has 0 spiro atoms. The summed E-state index contributed by atoms with van der Waals surface area (Å²) in [7, 11) is 0. The third kappa shape index (κ3) is 5.33. The van der Waals surface area contributed by atoms with Gasteiger partial charge < -0.3 is 14.9 Å². The highest BCUT2D eigenvalue weighted by Crippen LogP contribution is 2.18. The quantitative estimate of drug-likeness (QED) is 0.773. The third-order valence-corrected chi connectivity index (χ3v) is 3.72. The summed E-state index contributed by atoms with van der Waals surface area (Å²) >= 11 is 5.84. The van der Waals surface area contributed by atoms with E-state index in [1.165, 1.54) is 0 Å². The van der Waals surface area contributed by atoms with E-state index >= 15 is 0 Å². The number of rotatable bonds is 8. The van der Waals surface area contributed by atoms with E-state index in [4.69, 9.17) is 21.2 Å². The summed E-state index contributed by atoms with van der Waals surface area (Å²) in [5.41, 5.74) is 0.808. The highest BCUT2D eigenvalue weighted by molar-refractivity contribution is 6.30. The molecular formula is C16H20ClN3O3. The number of benzene rings is 1. The van der Waals surface area contributed by atoms with Gasteiger partial charge >= 0.3 is 0 Å². The van der Waals surface area contributed by atoms with Crippen LogP contribution < -0.4 is 5.32 Å². The Morgan fingerprint density at radius 2 is 2.13 bits per heavy atom. The van der Waals surface area contributed by atoms with Crippen LogP contribution >= 0.6 is 11.6 Å². The first kappa shape index (κ1) is 17.4. The van der Waals surface area contributed by atoms with Crippen molar-refractivity contribution in [3.63, 3.8) is 0 Å². The number of nitrogens with zero attached hydrogens (tertiary/aromatic N) is 2. The van der Waals surface area contributed by atoms with E-state index in [2.05, 4.69) is 15.5 Å². The number of carbonyl (C=O) groups excluding carboxylic acids is 1. The molecule has 0 aliphatic carbocycles. The summed E-state index contributed by atoms with van der Waals surface area (Å²) in [6.45, 7) is 2.03. The van der Waals surface area contributed by atoms with Crippen LogP contribution in [0.15, 0.2) is 28.8 Å². The van der Waals surface area contributed by atoms with Crippen molar-refractivity contribution in [1.82, 2.24) is 15.5 Å². The average molecular weight is 338 g/mol. The molecule has 1 amide bonds. The van der Waals surface area contributed by atoms with E-state index in [-0.39, 0.29) is 25.0 Å². The van der Waals surface area contributed by atoms with Gasteiger partial charge in [-0.25, -0.2) is 0 Å². The molecule has 2 N–H and O–H groups in total. The number of aryl methyl sites for hydroxylation is 1. The number of aliphatic hydroxyl groups is 1. The Kier molecular flexibility index (Phi) is 6.55. The van der Waals surface area contributed by atoms with E-state index in [0.29, 0.717) is 29.6 Å². The predicted octanol–water partition coefficient (Wildman–Crippen LogP) is 2.60. The summed E-state index contributed by atoms with van der Waals surface area (Å²) in [6.07, 6.45) is 1.99. The molecule has 1 aromatic carbocycles. The van der Waals surface area contributed by atoms with E-state index in [1.807, 2.05) is 19.1 Å². The molecule has 7 heteroatoms. The SMILES string of the molecule is CCC(CCO)NC(=O)CCc1nc(-c2ccc(Cl)cc2)no1. The van der Waals surface area contributed by atoms with Gasteiger partial charge in [0.2, 0.25) is 17.6 Å². The summed E-state index contributed by atoms with van der Waals surface area (Å²) in [4.78, 5) is 16.2. The maximum absolute atomic E-state index is 11.9. The van der Waals surface area contributed by atoms with Crippen LogP contribution in [0.4, 0.5) is 0 Å². The number of carbonyl (C=O) groups is 1. The van der Waals surface area contributed by atoms with Crippen LogP contribution in [-0.4, -0.2) is 33.8 Å². The summed E-state index contributed by atoms with van der Waals surface area (Å²) < 4.78 is 5.16. The second kappa shape index (κ2) is 8.64. The van der Waals surface area contributed by atoms with Crippen molar-refractivity contribution in [2.45, 2.75) is 38.6 Å². The van der Waals surface area contributed by atoms with Gasteiger partial charge in [-0.3, -0.25) is 4.79 Å². The van der Waals surface area contributed by atoms with Crippen molar-refractivity contribution in [3.8, 4) is 11.4 Å². The molecule has 1 aromatic heterocycles. The minimum absolute atomic E-state index is 0.000173. The van der Waals surface area contributed by atoms with E-state index < -0.39 is 0 Å². The zero-order chi connectivity index (χ0) is 16.7. The van der Waals surface area contributed by atoms with Crippen molar-refractivity contribution < 1.29 is 14.4 Å². The first-order valence-electron chi connectivity index (χ1n) is 7.61. The normalized spacial score (nSPS) is 12.1. The predicted molar refractivity (Wildman–Crippen MR) is 87.0 cm³/mol. The molecule has 2 rings (SSSR count). The summed E-state index contributed by atoms with van der Waals surface area (Å²) in [5.74, 6) is 0.806. The topological polar surface area (TPSA) is 88.2 Å². The molecule has 1 heterocycles. The van der Waals surface area contributed by atoms with Gasteiger partial charge in [-0.2, -0.15) is 4.98 Å². The monoisotopic (exact) mass is 337 g/mol. The third-order valence-electron chi connectivity index (χ3n) is 3.47. The molecule has 0 bridgehead atoms. The molecule has 0 aliphatic heterocycles. The Morgan fingerprint density at radius 3 is 2.78 bits per heavy atom. The first-order chi connectivity index (χ1) is 11.1. The maximum Gasteiger partial charge on any atom is 0.227 e. The van der Waals surface area contributed by atoms with Gasteiger partial charge in [0.15, 0.2) is 0 Å². The fourth-order valence-electron chi connectivity index (χ4n) is 2.13. The fourth-order valence-corrected chi connectivity index (χ4v) is 2.25. The van der Waals surface area contributed by atoms with Gasteiger partial charge in [0.25, 0.3) is 0 Å². The molecule has 0 aliphatic rings. The number of hydrogen-bond acceptors (Lipinski definition) is 5. The van der Waals surface area contributed by atoms with Gasteiger partial charge in [-0.1, -0.05) is 23.7 Å². The van der Waals surface area contributed by atoms with Gasteiger partial charge in [0.1, 0.15) is 0 Å². The Balaban J connectivity index is 1.87. The Hall–Kier alpha value is -1.92. The summed E-state index contributed by atoms with van der Waals surface area (Å²) in [5, 5.41) is 16.4. The molecule has 0 fully saturated rings. The van der Waals surface area contributed by atoms with Crippen LogP contribution in [0.5, 0.6) is 0 Å². The van der Waals surface area contributed by atoms with Crippen molar-refractivity contribution in [3.05, 3.63) is 35.2 Å². The first-order valence-corrected chi connectivity index (χ1v) is 7.99. The van der Waals surface area contributed by atoms with Crippen LogP contribution in [0, 0.1) is 0 Å². The van der Waals surface area contributed by atoms with Crippen LogP contribution in [0.25, 0.3) is 11.4 Å². The van der Waals surface area contributed by atoms with Crippen molar-refractivity contribution in [1.29, 1.82) is 0 Å². The number of nitrogens with one attached hydrogen (secondary N) is 1. The van der Waals surface area contributed by atoms with Crippen molar-refractivity contribution in [2.24, 2.45) is 0 Å². The lowest BCUT2D eigenvalue weighted by Gasteiger charge is -2.15. The largest absolute Gasteiger partial charge is 0.396 e. The zero-order valence-corrected chi connectivity index (χ0v) is 13.7. The Labute approximate surface area is 139 Å². The smallest absolute Gasteiger partial charge is 0.227 e.